The first-order chi connectivity index (χ1) is 7.83. The van der Waals surface area contributed by atoms with Gasteiger partial charge in [-0.25, -0.2) is 0 Å². The first-order valence-electron chi connectivity index (χ1n) is 6.72. The third-order valence-corrected chi connectivity index (χ3v) is 4.06. The molecule has 1 saturated heterocycles. The lowest BCUT2D eigenvalue weighted by Crippen LogP contribution is -2.49. The Morgan fingerprint density at radius 2 is 1.94 bits per heavy atom. The third-order valence-electron chi connectivity index (χ3n) is 4.06. The summed E-state index contributed by atoms with van der Waals surface area (Å²) in [5.74, 6) is 0.409. The standard InChI is InChI=1S/C13H23NO2/c15-10-11-6-2-1-5-9-14(11)12-7-3-4-8-13(12)16/h11-12,15H,1-10H2. The lowest BCUT2D eigenvalue weighted by atomic mass is 9.91. The van der Waals surface area contributed by atoms with Crippen LogP contribution < -0.4 is 0 Å². The molecule has 2 fully saturated rings. The molecule has 2 rings (SSSR count). The molecule has 0 amide bonds. The number of ketones is 1. The second-order valence-corrected chi connectivity index (χ2v) is 5.15. The van der Waals surface area contributed by atoms with Gasteiger partial charge in [0.1, 0.15) is 5.78 Å². The lowest BCUT2D eigenvalue weighted by molar-refractivity contribution is -0.127. The van der Waals surface area contributed by atoms with Crippen molar-refractivity contribution in [2.45, 2.75) is 63.5 Å². The van der Waals surface area contributed by atoms with Gasteiger partial charge >= 0.3 is 0 Å². The number of rotatable bonds is 2. The Morgan fingerprint density at radius 3 is 2.69 bits per heavy atom. The molecule has 2 atom stereocenters. The van der Waals surface area contributed by atoms with Crippen molar-refractivity contribution >= 4 is 5.78 Å². The maximum absolute atomic E-state index is 11.9. The zero-order valence-corrected chi connectivity index (χ0v) is 10.0. The fraction of sp³-hybridized carbons (Fsp3) is 0.923. The number of aliphatic hydroxyl groups excluding tert-OH is 1. The maximum atomic E-state index is 11.9. The Labute approximate surface area is 97.8 Å². The average molecular weight is 225 g/mol. The highest BCUT2D eigenvalue weighted by Crippen LogP contribution is 2.26. The van der Waals surface area contributed by atoms with Gasteiger partial charge in [-0.05, 0) is 32.2 Å². The van der Waals surface area contributed by atoms with Crippen LogP contribution in [0.3, 0.4) is 0 Å². The van der Waals surface area contributed by atoms with E-state index in [2.05, 4.69) is 4.90 Å². The first-order valence-corrected chi connectivity index (χ1v) is 6.72. The fourth-order valence-corrected chi connectivity index (χ4v) is 3.12. The molecule has 16 heavy (non-hydrogen) atoms. The lowest BCUT2D eigenvalue weighted by Gasteiger charge is -2.37. The molecule has 2 aliphatic rings. The van der Waals surface area contributed by atoms with Crippen LogP contribution in [-0.4, -0.2) is 41.0 Å². The van der Waals surface area contributed by atoms with E-state index in [0.717, 1.165) is 32.2 Å². The number of aliphatic hydroxyl groups is 1. The van der Waals surface area contributed by atoms with E-state index in [0.29, 0.717) is 5.78 Å². The Morgan fingerprint density at radius 1 is 1.12 bits per heavy atom. The Balaban J connectivity index is 2.05. The molecule has 1 N–H and O–H groups in total. The molecule has 0 aromatic rings. The van der Waals surface area contributed by atoms with Crippen LogP contribution in [0.4, 0.5) is 0 Å². The van der Waals surface area contributed by atoms with Gasteiger partial charge in [-0.3, -0.25) is 9.69 Å². The van der Waals surface area contributed by atoms with Gasteiger partial charge in [-0.2, -0.15) is 0 Å². The molecule has 1 saturated carbocycles. The predicted octanol–water partition coefficient (Wildman–Crippen LogP) is 1.73. The van der Waals surface area contributed by atoms with E-state index >= 15 is 0 Å². The molecule has 92 valence electrons. The molecule has 2 unspecified atom stereocenters. The second-order valence-electron chi connectivity index (χ2n) is 5.15. The summed E-state index contributed by atoms with van der Waals surface area (Å²) >= 11 is 0. The molecular formula is C13H23NO2. The van der Waals surface area contributed by atoms with Crippen LogP contribution in [-0.2, 0) is 4.79 Å². The molecule has 0 spiro atoms. The molecule has 1 heterocycles. The SMILES string of the molecule is O=C1CCCCC1N1CCCCCC1CO. The van der Waals surface area contributed by atoms with E-state index in [4.69, 9.17) is 0 Å². The maximum Gasteiger partial charge on any atom is 0.149 e. The third kappa shape index (κ3) is 2.64. The van der Waals surface area contributed by atoms with Crippen molar-refractivity contribution in [1.82, 2.24) is 4.90 Å². The monoisotopic (exact) mass is 225 g/mol. The number of hydrogen-bond acceptors (Lipinski definition) is 3. The molecule has 0 bridgehead atoms. The summed E-state index contributed by atoms with van der Waals surface area (Å²) in [5, 5.41) is 9.45. The highest BCUT2D eigenvalue weighted by atomic mass is 16.3. The van der Waals surface area contributed by atoms with E-state index in [-0.39, 0.29) is 18.7 Å². The van der Waals surface area contributed by atoms with E-state index in [9.17, 15) is 9.90 Å². The van der Waals surface area contributed by atoms with Crippen LogP contribution in [0.15, 0.2) is 0 Å². The van der Waals surface area contributed by atoms with Gasteiger partial charge in [0.05, 0.1) is 12.6 Å². The van der Waals surface area contributed by atoms with Gasteiger partial charge in [-0.15, -0.1) is 0 Å². The number of likely N-dealkylation sites (tertiary alicyclic amines) is 1. The number of Topliss-reactive ketones (excluding diaryl/α,β-unsaturated/α-hetero) is 1. The average Bonchev–Trinajstić information content (AvgIpc) is 2.54. The number of carbonyl (C=O) groups excluding carboxylic acids is 1. The number of nitrogens with zero attached hydrogens (tertiary/aromatic N) is 1. The van der Waals surface area contributed by atoms with Crippen molar-refractivity contribution in [3.8, 4) is 0 Å². The van der Waals surface area contributed by atoms with Crippen LogP contribution in [0, 0.1) is 0 Å². The molecule has 3 heteroatoms. The minimum absolute atomic E-state index is 0.115. The van der Waals surface area contributed by atoms with Crippen molar-refractivity contribution in [2.24, 2.45) is 0 Å². The van der Waals surface area contributed by atoms with Crippen molar-refractivity contribution in [3.05, 3.63) is 0 Å². The number of hydrogen-bond donors (Lipinski definition) is 1. The highest BCUT2D eigenvalue weighted by molar-refractivity contribution is 5.84. The largest absolute Gasteiger partial charge is 0.395 e. The van der Waals surface area contributed by atoms with E-state index in [1.807, 2.05) is 0 Å². The molecule has 0 aromatic heterocycles. The van der Waals surface area contributed by atoms with Crippen LogP contribution >= 0.6 is 0 Å². The number of carbonyl (C=O) groups is 1. The minimum atomic E-state index is 0.115. The van der Waals surface area contributed by atoms with Gasteiger partial charge < -0.3 is 5.11 Å². The molecule has 0 aromatic carbocycles. The van der Waals surface area contributed by atoms with Gasteiger partial charge in [0, 0.05) is 12.5 Å². The van der Waals surface area contributed by atoms with Crippen LogP contribution in [0.2, 0.25) is 0 Å². The van der Waals surface area contributed by atoms with Crippen LogP contribution in [0.5, 0.6) is 0 Å². The minimum Gasteiger partial charge on any atom is -0.395 e. The van der Waals surface area contributed by atoms with Crippen LogP contribution in [0.1, 0.15) is 51.4 Å². The summed E-state index contributed by atoms with van der Waals surface area (Å²) in [7, 11) is 0. The van der Waals surface area contributed by atoms with Crippen molar-refractivity contribution in [3.63, 3.8) is 0 Å². The summed E-state index contributed by atoms with van der Waals surface area (Å²) < 4.78 is 0. The molecule has 0 radical (unpaired) electrons. The first kappa shape index (κ1) is 12.1. The summed E-state index contributed by atoms with van der Waals surface area (Å²) in [5.41, 5.74) is 0. The second kappa shape index (κ2) is 5.78. The van der Waals surface area contributed by atoms with Gasteiger partial charge in [-0.1, -0.05) is 19.3 Å². The zero-order chi connectivity index (χ0) is 11.4. The Hall–Kier alpha value is -0.410. The fourth-order valence-electron chi connectivity index (χ4n) is 3.12. The van der Waals surface area contributed by atoms with Gasteiger partial charge in [0.2, 0.25) is 0 Å². The van der Waals surface area contributed by atoms with Gasteiger partial charge in [0.25, 0.3) is 0 Å². The normalized spacial score (nSPS) is 33.7. The van der Waals surface area contributed by atoms with Gasteiger partial charge in [0.15, 0.2) is 0 Å². The summed E-state index contributed by atoms with van der Waals surface area (Å²) in [6, 6.07) is 0.346. The summed E-state index contributed by atoms with van der Waals surface area (Å²) in [4.78, 5) is 14.2. The van der Waals surface area contributed by atoms with Crippen molar-refractivity contribution < 1.29 is 9.90 Å². The Bertz CT molecular complexity index is 242. The highest BCUT2D eigenvalue weighted by Gasteiger charge is 2.32. The quantitative estimate of drug-likeness (QED) is 0.778. The smallest absolute Gasteiger partial charge is 0.149 e. The van der Waals surface area contributed by atoms with Crippen molar-refractivity contribution in [2.75, 3.05) is 13.2 Å². The van der Waals surface area contributed by atoms with Crippen LogP contribution in [0.25, 0.3) is 0 Å². The zero-order valence-electron chi connectivity index (χ0n) is 10.0. The molecule has 1 aliphatic heterocycles. The summed E-state index contributed by atoms with van der Waals surface area (Å²) in [6.07, 6.45) is 8.67. The Kier molecular flexibility index (Phi) is 4.36. The van der Waals surface area contributed by atoms with E-state index in [1.54, 1.807) is 0 Å². The van der Waals surface area contributed by atoms with E-state index < -0.39 is 0 Å². The molecular weight excluding hydrogens is 202 g/mol. The van der Waals surface area contributed by atoms with Crippen molar-refractivity contribution in [1.29, 1.82) is 0 Å². The topological polar surface area (TPSA) is 40.5 Å². The summed E-state index contributed by atoms with van der Waals surface area (Å²) in [6.45, 7) is 1.21. The predicted molar refractivity (Wildman–Crippen MR) is 63.3 cm³/mol. The van der Waals surface area contributed by atoms with E-state index in [1.165, 1.54) is 25.7 Å². The molecule has 1 aliphatic carbocycles. The molecule has 3 nitrogen and oxygen atoms in total.